The van der Waals surface area contributed by atoms with Crippen molar-refractivity contribution in [3.63, 3.8) is 0 Å². The first kappa shape index (κ1) is 21.8. The number of amides is 1. The number of hydrogen-bond acceptors (Lipinski definition) is 4. The van der Waals surface area contributed by atoms with Gasteiger partial charge in [-0.05, 0) is 57.6 Å². The number of carbonyl (C=O) groups excluding carboxylic acids is 1. The van der Waals surface area contributed by atoms with E-state index >= 15 is 0 Å². The average molecular weight is 375 g/mol. The molecule has 0 radical (unpaired) electrons. The molecule has 5 nitrogen and oxygen atoms in total. The van der Waals surface area contributed by atoms with Crippen LogP contribution in [0.3, 0.4) is 0 Å². The Morgan fingerprint density at radius 1 is 1.19 bits per heavy atom. The van der Waals surface area contributed by atoms with Crippen LogP contribution in [0.5, 0.6) is 5.75 Å². The lowest BCUT2D eigenvalue weighted by Crippen LogP contribution is -2.41. The van der Waals surface area contributed by atoms with Gasteiger partial charge in [0.15, 0.2) is 0 Å². The number of rotatable bonds is 6. The third kappa shape index (κ3) is 5.98. The molecule has 27 heavy (non-hydrogen) atoms. The van der Waals surface area contributed by atoms with Gasteiger partial charge in [-0.1, -0.05) is 32.9 Å². The minimum atomic E-state index is -0.414. The number of nitrogens with one attached hydrogen (secondary N) is 1. The molecule has 1 amide bonds. The molecule has 0 spiro atoms. The van der Waals surface area contributed by atoms with Crippen molar-refractivity contribution in [3.05, 3.63) is 24.3 Å². The number of benzene rings is 1. The molecule has 0 saturated carbocycles. The second-order valence-corrected chi connectivity index (χ2v) is 9.68. The van der Waals surface area contributed by atoms with Gasteiger partial charge in [0.1, 0.15) is 12.4 Å². The van der Waals surface area contributed by atoms with Crippen LogP contribution < -0.4 is 15.5 Å². The Labute approximate surface area is 164 Å². The molecule has 1 heterocycles. The highest BCUT2D eigenvalue weighted by atomic mass is 16.7. The molecule has 1 aromatic rings. The van der Waals surface area contributed by atoms with Gasteiger partial charge in [-0.15, -0.1) is 0 Å². The van der Waals surface area contributed by atoms with Crippen molar-refractivity contribution >= 4 is 18.5 Å². The van der Waals surface area contributed by atoms with Crippen LogP contribution in [0.25, 0.3) is 0 Å². The van der Waals surface area contributed by atoms with E-state index in [0.717, 1.165) is 11.2 Å². The van der Waals surface area contributed by atoms with Gasteiger partial charge in [-0.2, -0.15) is 0 Å². The minimum absolute atomic E-state index is 0.0260. The van der Waals surface area contributed by atoms with Crippen molar-refractivity contribution in [2.75, 3.05) is 6.61 Å². The van der Waals surface area contributed by atoms with E-state index in [2.05, 4.69) is 26.1 Å². The Hall–Kier alpha value is -1.53. The number of ether oxygens (including phenoxy) is 1. The second-order valence-electron chi connectivity index (χ2n) is 9.68. The van der Waals surface area contributed by atoms with E-state index in [4.69, 9.17) is 14.0 Å². The number of hydrogen-bond donors (Lipinski definition) is 1. The van der Waals surface area contributed by atoms with Gasteiger partial charge >= 0.3 is 7.12 Å². The molecule has 2 rings (SSSR count). The van der Waals surface area contributed by atoms with Gasteiger partial charge < -0.3 is 19.4 Å². The van der Waals surface area contributed by atoms with Gasteiger partial charge in [0, 0.05) is 6.42 Å². The normalized spacial score (nSPS) is 19.6. The third-order valence-corrected chi connectivity index (χ3v) is 4.98. The smallest absolute Gasteiger partial charge is 0.491 e. The molecule has 1 aliphatic heterocycles. The summed E-state index contributed by atoms with van der Waals surface area (Å²) in [5.74, 6) is 0.781. The maximum Gasteiger partial charge on any atom is 0.494 e. The van der Waals surface area contributed by atoms with Crippen LogP contribution in [0, 0.1) is 5.41 Å². The molecule has 1 fully saturated rings. The zero-order valence-corrected chi connectivity index (χ0v) is 18.0. The second kappa shape index (κ2) is 7.84. The molecule has 1 N–H and O–H groups in total. The van der Waals surface area contributed by atoms with E-state index in [0.29, 0.717) is 13.0 Å². The predicted molar refractivity (Wildman–Crippen MR) is 109 cm³/mol. The molecule has 0 aliphatic carbocycles. The fourth-order valence-corrected chi connectivity index (χ4v) is 2.80. The molecule has 0 aromatic heterocycles. The lowest BCUT2D eigenvalue weighted by atomic mass is 9.79. The first-order chi connectivity index (χ1) is 12.3. The van der Waals surface area contributed by atoms with Gasteiger partial charge in [0.25, 0.3) is 0 Å². The lowest BCUT2D eigenvalue weighted by molar-refractivity contribution is -0.123. The van der Waals surface area contributed by atoms with Gasteiger partial charge in [-0.3, -0.25) is 4.79 Å². The van der Waals surface area contributed by atoms with Crippen LogP contribution in [0.1, 0.15) is 61.8 Å². The monoisotopic (exact) mass is 375 g/mol. The number of carbonyl (C=O) groups is 1. The quantitative estimate of drug-likeness (QED) is 0.776. The summed E-state index contributed by atoms with van der Waals surface area (Å²) in [6.45, 7) is 16.6. The zero-order valence-electron chi connectivity index (χ0n) is 18.0. The van der Waals surface area contributed by atoms with Gasteiger partial charge in [0.05, 0.1) is 17.2 Å². The van der Waals surface area contributed by atoms with Gasteiger partial charge in [-0.25, -0.2) is 0 Å². The Balaban J connectivity index is 1.92. The highest BCUT2D eigenvalue weighted by Crippen LogP contribution is 2.36. The van der Waals surface area contributed by atoms with Crippen LogP contribution in [0.2, 0.25) is 0 Å². The molecule has 6 heteroatoms. The van der Waals surface area contributed by atoms with Crippen LogP contribution in [-0.4, -0.2) is 36.9 Å². The van der Waals surface area contributed by atoms with E-state index in [1.807, 2.05) is 58.9 Å². The molecule has 1 aliphatic rings. The molecule has 1 saturated heterocycles. The van der Waals surface area contributed by atoms with Crippen molar-refractivity contribution in [1.29, 1.82) is 0 Å². The van der Waals surface area contributed by atoms with Crippen LogP contribution in [-0.2, 0) is 14.1 Å². The van der Waals surface area contributed by atoms with E-state index in [9.17, 15) is 4.79 Å². The molecule has 0 unspecified atom stereocenters. The molecular weight excluding hydrogens is 341 g/mol. The SMILES string of the molecule is C[C@@H](COc1cccc(B2OC(C)(C)C(C)(C)O2)c1)NC(=O)CC(C)(C)C. The maximum atomic E-state index is 12.0. The highest BCUT2D eigenvalue weighted by Gasteiger charge is 2.51. The largest absolute Gasteiger partial charge is 0.494 e. The van der Waals surface area contributed by atoms with Crippen molar-refractivity contribution < 1.29 is 18.8 Å². The molecule has 1 aromatic carbocycles. The van der Waals surface area contributed by atoms with E-state index < -0.39 is 7.12 Å². The fraction of sp³-hybridized carbons (Fsp3) is 0.667. The van der Waals surface area contributed by atoms with Crippen molar-refractivity contribution in [3.8, 4) is 5.75 Å². The van der Waals surface area contributed by atoms with Crippen LogP contribution >= 0.6 is 0 Å². The third-order valence-electron chi connectivity index (χ3n) is 4.98. The van der Waals surface area contributed by atoms with Gasteiger partial charge in [0.2, 0.25) is 5.91 Å². The summed E-state index contributed by atoms with van der Waals surface area (Å²) in [6.07, 6.45) is 0.495. The lowest BCUT2D eigenvalue weighted by Gasteiger charge is -2.32. The predicted octanol–water partition coefficient (Wildman–Crippen LogP) is 3.31. The molecule has 1 atom stereocenters. The summed E-state index contributed by atoms with van der Waals surface area (Å²) in [5.41, 5.74) is 0.151. The minimum Gasteiger partial charge on any atom is -0.491 e. The topological polar surface area (TPSA) is 56.8 Å². The fourth-order valence-electron chi connectivity index (χ4n) is 2.80. The summed E-state index contributed by atoms with van der Waals surface area (Å²) in [5, 5.41) is 2.98. The molecule has 150 valence electrons. The molecular formula is C21H34BNO4. The molecule has 0 bridgehead atoms. The summed E-state index contributed by atoms with van der Waals surface area (Å²) >= 11 is 0. The van der Waals surface area contributed by atoms with E-state index in [1.165, 1.54) is 0 Å². The van der Waals surface area contributed by atoms with E-state index in [1.54, 1.807) is 0 Å². The summed E-state index contributed by atoms with van der Waals surface area (Å²) < 4.78 is 18.1. The summed E-state index contributed by atoms with van der Waals surface area (Å²) in [6, 6.07) is 7.67. The van der Waals surface area contributed by atoms with Crippen molar-refractivity contribution in [1.82, 2.24) is 5.32 Å². The van der Waals surface area contributed by atoms with Crippen molar-refractivity contribution in [2.45, 2.75) is 79.1 Å². The van der Waals surface area contributed by atoms with Crippen LogP contribution in [0.4, 0.5) is 0 Å². The summed E-state index contributed by atoms with van der Waals surface area (Å²) in [7, 11) is -0.414. The zero-order chi connectivity index (χ0) is 20.5. The Bertz CT molecular complexity index is 650. The summed E-state index contributed by atoms with van der Waals surface area (Å²) in [4.78, 5) is 12.0. The van der Waals surface area contributed by atoms with Crippen LogP contribution in [0.15, 0.2) is 24.3 Å². The van der Waals surface area contributed by atoms with E-state index in [-0.39, 0.29) is 28.6 Å². The first-order valence-corrected chi connectivity index (χ1v) is 9.67. The first-order valence-electron chi connectivity index (χ1n) is 9.67. The average Bonchev–Trinajstić information content (AvgIpc) is 2.72. The van der Waals surface area contributed by atoms with Crippen molar-refractivity contribution in [2.24, 2.45) is 5.41 Å². The highest BCUT2D eigenvalue weighted by molar-refractivity contribution is 6.62. The Morgan fingerprint density at radius 3 is 2.33 bits per heavy atom. The Morgan fingerprint density at radius 2 is 1.78 bits per heavy atom. The maximum absolute atomic E-state index is 12.0. The Kier molecular flexibility index (Phi) is 6.32. The standard InChI is InChI=1S/C21H34BNO4/c1-15(23-18(24)13-19(2,3)4)14-25-17-11-9-10-16(12-17)22-26-20(5,6)21(7,8)27-22/h9-12,15H,13-14H2,1-8H3,(H,23,24)/t15-/m0/s1.